The van der Waals surface area contributed by atoms with Crippen molar-refractivity contribution in [3.8, 4) is 11.8 Å². The van der Waals surface area contributed by atoms with Gasteiger partial charge in [-0.3, -0.25) is 4.90 Å². The van der Waals surface area contributed by atoms with Crippen molar-refractivity contribution in [1.29, 1.82) is 0 Å². The van der Waals surface area contributed by atoms with E-state index in [0.29, 0.717) is 6.04 Å². The molecule has 0 aromatic rings. The molecule has 1 atom stereocenters. The van der Waals surface area contributed by atoms with Crippen molar-refractivity contribution in [3.05, 3.63) is 0 Å². The van der Waals surface area contributed by atoms with Gasteiger partial charge in [0.25, 0.3) is 0 Å². The van der Waals surface area contributed by atoms with Crippen molar-refractivity contribution in [2.45, 2.75) is 32.2 Å². The predicted molar refractivity (Wildman–Crippen MR) is 67.4 cm³/mol. The molecule has 0 saturated carbocycles. The number of nitrogens with zero attached hydrogens (tertiary/aromatic N) is 1. The van der Waals surface area contributed by atoms with Crippen molar-refractivity contribution in [3.63, 3.8) is 0 Å². The van der Waals surface area contributed by atoms with Gasteiger partial charge in [0.15, 0.2) is 0 Å². The quantitative estimate of drug-likeness (QED) is 0.655. The van der Waals surface area contributed by atoms with Gasteiger partial charge in [-0.15, -0.1) is 11.8 Å². The predicted octanol–water partition coefficient (Wildman–Crippen LogP) is 1.10. The number of hydrogen-bond acceptors (Lipinski definition) is 3. The largest absolute Gasteiger partial charge is 0.383 e. The van der Waals surface area contributed by atoms with Gasteiger partial charge in [-0.2, -0.15) is 0 Å². The lowest BCUT2D eigenvalue weighted by Gasteiger charge is -2.24. The molecule has 1 unspecified atom stereocenters. The molecule has 1 aliphatic heterocycles. The van der Waals surface area contributed by atoms with E-state index in [1.165, 1.54) is 19.4 Å². The summed E-state index contributed by atoms with van der Waals surface area (Å²) in [6.45, 7) is 7.10. The Bertz CT molecular complexity index is 226. The Morgan fingerprint density at radius 3 is 2.94 bits per heavy atom. The smallest absolute Gasteiger partial charge is 0.0589 e. The van der Waals surface area contributed by atoms with Crippen LogP contribution < -0.4 is 5.32 Å². The van der Waals surface area contributed by atoms with Gasteiger partial charge in [0.2, 0.25) is 0 Å². The summed E-state index contributed by atoms with van der Waals surface area (Å²) in [5.41, 5.74) is 0. The second-order valence-electron chi connectivity index (χ2n) is 4.26. The van der Waals surface area contributed by atoms with Crippen LogP contribution in [0.3, 0.4) is 0 Å². The zero-order valence-corrected chi connectivity index (χ0v) is 10.6. The van der Waals surface area contributed by atoms with Gasteiger partial charge in [0.1, 0.15) is 0 Å². The maximum Gasteiger partial charge on any atom is 0.0589 e. The maximum atomic E-state index is 5.14. The monoisotopic (exact) mass is 224 g/mol. The first-order chi connectivity index (χ1) is 7.86. The summed E-state index contributed by atoms with van der Waals surface area (Å²) in [5.74, 6) is 6.08. The van der Waals surface area contributed by atoms with E-state index in [9.17, 15) is 0 Å². The van der Waals surface area contributed by atoms with E-state index >= 15 is 0 Å². The topological polar surface area (TPSA) is 24.5 Å². The molecule has 1 saturated heterocycles. The van der Waals surface area contributed by atoms with Crippen molar-refractivity contribution in [2.24, 2.45) is 0 Å². The highest BCUT2D eigenvalue weighted by atomic mass is 16.5. The Balaban J connectivity index is 2.25. The Morgan fingerprint density at radius 2 is 2.31 bits per heavy atom. The highest BCUT2D eigenvalue weighted by Crippen LogP contribution is 2.07. The third-order valence-electron chi connectivity index (χ3n) is 2.98. The molecular formula is C13H24N2O. The molecule has 1 rings (SSSR count). The summed E-state index contributed by atoms with van der Waals surface area (Å²) in [6, 6.07) is 0.673. The number of rotatable bonds is 7. The zero-order chi connectivity index (χ0) is 11.6. The lowest BCUT2D eigenvalue weighted by Crippen LogP contribution is -2.39. The van der Waals surface area contributed by atoms with E-state index in [1.54, 1.807) is 7.11 Å². The molecular weight excluding hydrogens is 200 g/mol. The molecule has 92 valence electrons. The number of hydrogen-bond donors (Lipinski definition) is 1. The van der Waals surface area contributed by atoms with Crippen LogP contribution in [0.2, 0.25) is 0 Å². The van der Waals surface area contributed by atoms with Crippen LogP contribution >= 0.6 is 0 Å². The van der Waals surface area contributed by atoms with Crippen molar-refractivity contribution in [2.75, 3.05) is 39.9 Å². The number of ether oxygens (including phenoxy) is 1. The summed E-state index contributed by atoms with van der Waals surface area (Å²) in [4.78, 5) is 2.46. The standard InChI is InChI=1S/C13H24N2O/c1-3-4-5-9-15(10-11-16-2)12-13-7-6-8-14-13/h13-14H,5-12H2,1-2H3. The van der Waals surface area contributed by atoms with Crippen molar-refractivity contribution in [1.82, 2.24) is 10.2 Å². The Kier molecular flexibility index (Phi) is 7.24. The van der Waals surface area contributed by atoms with Crippen molar-refractivity contribution < 1.29 is 4.74 Å². The van der Waals surface area contributed by atoms with Gasteiger partial charge < -0.3 is 10.1 Å². The van der Waals surface area contributed by atoms with Crippen LogP contribution in [-0.4, -0.2) is 50.8 Å². The molecule has 3 heteroatoms. The number of methoxy groups -OCH3 is 1. The van der Waals surface area contributed by atoms with Crippen LogP contribution in [0.15, 0.2) is 0 Å². The van der Waals surface area contributed by atoms with E-state index in [-0.39, 0.29) is 0 Å². The van der Waals surface area contributed by atoms with Gasteiger partial charge in [0, 0.05) is 39.2 Å². The minimum Gasteiger partial charge on any atom is -0.383 e. The number of nitrogens with one attached hydrogen (secondary N) is 1. The molecule has 3 nitrogen and oxygen atoms in total. The highest BCUT2D eigenvalue weighted by molar-refractivity contribution is 4.95. The molecule has 0 amide bonds. The summed E-state index contributed by atoms with van der Waals surface area (Å²) in [7, 11) is 1.76. The molecule has 0 aromatic carbocycles. The fourth-order valence-electron chi connectivity index (χ4n) is 2.08. The van der Waals surface area contributed by atoms with Gasteiger partial charge in [-0.05, 0) is 26.3 Å². The summed E-state index contributed by atoms with van der Waals surface area (Å²) < 4.78 is 5.14. The lowest BCUT2D eigenvalue weighted by atomic mass is 10.2. The molecule has 1 heterocycles. The van der Waals surface area contributed by atoms with Crippen LogP contribution in [-0.2, 0) is 4.74 Å². The molecule has 1 aliphatic rings. The molecule has 1 fully saturated rings. The van der Waals surface area contributed by atoms with Crippen LogP contribution in [0, 0.1) is 11.8 Å². The normalized spacial score (nSPS) is 19.8. The Hall–Kier alpha value is -0.560. The average Bonchev–Trinajstić information content (AvgIpc) is 2.78. The van der Waals surface area contributed by atoms with E-state index in [0.717, 1.165) is 32.7 Å². The first kappa shape index (κ1) is 13.5. The molecule has 16 heavy (non-hydrogen) atoms. The third-order valence-corrected chi connectivity index (χ3v) is 2.98. The molecule has 1 N–H and O–H groups in total. The summed E-state index contributed by atoms with van der Waals surface area (Å²) in [5, 5.41) is 3.54. The molecule has 0 aromatic heterocycles. The lowest BCUT2D eigenvalue weighted by molar-refractivity contribution is 0.143. The van der Waals surface area contributed by atoms with Gasteiger partial charge in [-0.1, -0.05) is 0 Å². The van der Waals surface area contributed by atoms with E-state index in [4.69, 9.17) is 4.74 Å². The molecule has 0 aliphatic carbocycles. The van der Waals surface area contributed by atoms with Gasteiger partial charge in [-0.25, -0.2) is 0 Å². The zero-order valence-electron chi connectivity index (χ0n) is 10.6. The van der Waals surface area contributed by atoms with Crippen LogP contribution in [0.1, 0.15) is 26.2 Å². The third kappa shape index (κ3) is 5.50. The van der Waals surface area contributed by atoms with Crippen molar-refractivity contribution >= 4 is 0 Å². The SMILES string of the molecule is CC#CCCN(CCOC)CC1CCCN1. The molecule has 0 bridgehead atoms. The maximum absolute atomic E-state index is 5.14. The average molecular weight is 224 g/mol. The molecule has 0 spiro atoms. The van der Waals surface area contributed by atoms with Crippen LogP contribution in [0.25, 0.3) is 0 Å². The van der Waals surface area contributed by atoms with Gasteiger partial charge >= 0.3 is 0 Å². The minimum atomic E-state index is 0.673. The minimum absolute atomic E-state index is 0.673. The van der Waals surface area contributed by atoms with Crippen LogP contribution in [0.4, 0.5) is 0 Å². The summed E-state index contributed by atoms with van der Waals surface area (Å²) >= 11 is 0. The fraction of sp³-hybridized carbons (Fsp3) is 0.846. The summed E-state index contributed by atoms with van der Waals surface area (Å²) in [6.07, 6.45) is 3.59. The van der Waals surface area contributed by atoms with Crippen LogP contribution in [0.5, 0.6) is 0 Å². The van der Waals surface area contributed by atoms with E-state index < -0.39 is 0 Å². The second-order valence-corrected chi connectivity index (χ2v) is 4.26. The first-order valence-corrected chi connectivity index (χ1v) is 6.21. The Morgan fingerprint density at radius 1 is 1.44 bits per heavy atom. The highest BCUT2D eigenvalue weighted by Gasteiger charge is 2.17. The fourth-order valence-corrected chi connectivity index (χ4v) is 2.08. The first-order valence-electron chi connectivity index (χ1n) is 6.21. The van der Waals surface area contributed by atoms with E-state index in [2.05, 4.69) is 22.1 Å². The Labute approximate surface area is 99.5 Å². The van der Waals surface area contributed by atoms with Gasteiger partial charge in [0.05, 0.1) is 6.61 Å². The van der Waals surface area contributed by atoms with E-state index in [1.807, 2.05) is 6.92 Å². The second kappa shape index (κ2) is 8.58. The molecule has 0 radical (unpaired) electrons.